The van der Waals surface area contributed by atoms with Gasteiger partial charge in [0.1, 0.15) is 12.1 Å². The van der Waals surface area contributed by atoms with E-state index in [0.717, 1.165) is 28.4 Å². The highest BCUT2D eigenvalue weighted by Gasteiger charge is 2.13. The SMILES string of the molecule is CN=C(NCc1ccnc(-n2ccnc2)c1)NCc1ccc2c(c1)OCO2.I. The standard InChI is InChI=1S/C19H20N6O2.HI/c1-20-19(23-10-14-2-3-16-17(8-14)27-13-26-16)24-11-15-4-5-22-18(9-15)25-7-6-21-12-25;/h2-9,12H,10-11,13H2,1H3,(H2,20,23,24);1H. The molecule has 0 spiro atoms. The molecule has 3 heterocycles. The average molecular weight is 492 g/mol. The number of aromatic nitrogens is 3. The van der Waals surface area contributed by atoms with Crippen LogP contribution in [0.25, 0.3) is 5.82 Å². The van der Waals surface area contributed by atoms with Crippen LogP contribution in [0.5, 0.6) is 11.5 Å². The molecule has 28 heavy (non-hydrogen) atoms. The Morgan fingerprint density at radius 1 is 1.07 bits per heavy atom. The molecule has 9 heteroatoms. The highest BCUT2D eigenvalue weighted by atomic mass is 127. The van der Waals surface area contributed by atoms with E-state index in [4.69, 9.17) is 9.47 Å². The van der Waals surface area contributed by atoms with Gasteiger partial charge >= 0.3 is 0 Å². The van der Waals surface area contributed by atoms with Crippen molar-refractivity contribution in [2.45, 2.75) is 13.1 Å². The van der Waals surface area contributed by atoms with Gasteiger partial charge in [-0.1, -0.05) is 6.07 Å². The van der Waals surface area contributed by atoms with Crippen molar-refractivity contribution in [3.8, 4) is 17.3 Å². The Labute approximate surface area is 180 Å². The first-order chi connectivity index (χ1) is 13.3. The third-order valence-corrected chi connectivity index (χ3v) is 4.16. The highest BCUT2D eigenvalue weighted by Crippen LogP contribution is 2.32. The van der Waals surface area contributed by atoms with Crippen molar-refractivity contribution in [2.24, 2.45) is 4.99 Å². The van der Waals surface area contributed by atoms with Crippen LogP contribution in [-0.2, 0) is 13.1 Å². The van der Waals surface area contributed by atoms with E-state index in [1.807, 2.05) is 41.1 Å². The number of fused-ring (bicyclic) bond motifs is 1. The zero-order chi connectivity index (χ0) is 18.5. The smallest absolute Gasteiger partial charge is 0.231 e. The zero-order valence-electron chi connectivity index (χ0n) is 15.3. The second-order valence-electron chi connectivity index (χ2n) is 5.96. The number of hydrogen-bond donors (Lipinski definition) is 2. The van der Waals surface area contributed by atoms with E-state index < -0.39 is 0 Å². The topological polar surface area (TPSA) is 85.6 Å². The molecule has 8 nitrogen and oxygen atoms in total. The normalized spacial score (nSPS) is 12.4. The number of imidazole rings is 1. The minimum atomic E-state index is 0. The number of ether oxygens (including phenoxy) is 2. The lowest BCUT2D eigenvalue weighted by atomic mass is 10.2. The summed E-state index contributed by atoms with van der Waals surface area (Å²) in [5.74, 6) is 3.11. The predicted octanol–water partition coefficient (Wildman–Crippen LogP) is 2.48. The summed E-state index contributed by atoms with van der Waals surface area (Å²) >= 11 is 0. The number of guanidine groups is 1. The van der Waals surface area contributed by atoms with Gasteiger partial charge in [-0.05, 0) is 35.4 Å². The molecule has 0 radical (unpaired) electrons. The molecular formula is C19H21IN6O2. The van der Waals surface area contributed by atoms with Crippen LogP contribution >= 0.6 is 24.0 Å². The monoisotopic (exact) mass is 492 g/mol. The van der Waals surface area contributed by atoms with E-state index in [0.29, 0.717) is 19.0 Å². The molecule has 3 aromatic rings. The summed E-state index contributed by atoms with van der Waals surface area (Å²) in [5.41, 5.74) is 2.19. The summed E-state index contributed by atoms with van der Waals surface area (Å²) in [7, 11) is 1.75. The minimum Gasteiger partial charge on any atom is -0.454 e. The fourth-order valence-electron chi connectivity index (χ4n) is 2.75. The molecule has 2 N–H and O–H groups in total. The first kappa shape index (κ1) is 19.9. The molecule has 146 valence electrons. The van der Waals surface area contributed by atoms with Gasteiger partial charge in [0.05, 0.1) is 0 Å². The largest absolute Gasteiger partial charge is 0.454 e. The molecular weight excluding hydrogens is 471 g/mol. The van der Waals surface area contributed by atoms with Crippen molar-refractivity contribution in [3.63, 3.8) is 0 Å². The maximum Gasteiger partial charge on any atom is 0.231 e. The van der Waals surface area contributed by atoms with E-state index in [-0.39, 0.29) is 30.8 Å². The maximum atomic E-state index is 5.41. The van der Waals surface area contributed by atoms with Gasteiger partial charge in [0, 0.05) is 38.7 Å². The lowest BCUT2D eigenvalue weighted by Crippen LogP contribution is -2.36. The highest BCUT2D eigenvalue weighted by molar-refractivity contribution is 14.0. The minimum absolute atomic E-state index is 0. The van der Waals surface area contributed by atoms with E-state index >= 15 is 0 Å². The molecule has 0 fully saturated rings. The number of nitrogens with zero attached hydrogens (tertiary/aromatic N) is 4. The van der Waals surface area contributed by atoms with Gasteiger partial charge in [-0.2, -0.15) is 0 Å². The lowest BCUT2D eigenvalue weighted by molar-refractivity contribution is 0.174. The quantitative estimate of drug-likeness (QED) is 0.324. The number of aliphatic imine (C=N–C) groups is 1. The lowest BCUT2D eigenvalue weighted by Gasteiger charge is -2.13. The molecule has 1 aliphatic rings. The molecule has 0 saturated carbocycles. The Kier molecular flexibility index (Phi) is 6.69. The summed E-state index contributed by atoms with van der Waals surface area (Å²) in [5, 5.41) is 6.61. The van der Waals surface area contributed by atoms with Crippen molar-refractivity contribution in [1.29, 1.82) is 0 Å². The molecule has 4 rings (SSSR count). The fraction of sp³-hybridized carbons (Fsp3) is 0.211. The molecule has 1 aliphatic heterocycles. The third-order valence-electron chi connectivity index (χ3n) is 4.16. The Balaban J connectivity index is 0.00000225. The molecule has 0 bridgehead atoms. The second kappa shape index (κ2) is 9.40. The van der Waals surface area contributed by atoms with Gasteiger partial charge in [0.2, 0.25) is 6.79 Å². The molecule has 0 amide bonds. The Morgan fingerprint density at radius 2 is 1.86 bits per heavy atom. The predicted molar refractivity (Wildman–Crippen MR) is 116 cm³/mol. The molecule has 2 aromatic heterocycles. The summed E-state index contributed by atoms with van der Waals surface area (Å²) in [6.45, 7) is 1.54. The van der Waals surface area contributed by atoms with Crippen LogP contribution in [0.4, 0.5) is 0 Å². The fourth-order valence-corrected chi connectivity index (χ4v) is 2.75. The molecule has 0 unspecified atom stereocenters. The third kappa shape index (κ3) is 4.71. The maximum absolute atomic E-state index is 5.41. The number of benzene rings is 1. The first-order valence-electron chi connectivity index (χ1n) is 8.58. The average Bonchev–Trinajstić information content (AvgIpc) is 3.40. The van der Waals surface area contributed by atoms with Gasteiger partial charge in [-0.25, -0.2) is 9.97 Å². The van der Waals surface area contributed by atoms with Crippen LogP contribution in [-0.4, -0.2) is 34.3 Å². The van der Waals surface area contributed by atoms with E-state index in [1.54, 1.807) is 25.8 Å². The first-order valence-corrected chi connectivity index (χ1v) is 8.58. The van der Waals surface area contributed by atoms with Crippen molar-refractivity contribution >= 4 is 29.9 Å². The van der Waals surface area contributed by atoms with Crippen LogP contribution < -0.4 is 20.1 Å². The Bertz CT molecular complexity index is 945. The van der Waals surface area contributed by atoms with Crippen molar-refractivity contribution < 1.29 is 9.47 Å². The van der Waals surface area contributed by atoms with Gasteiger partial charge in [-0.3, -0.25) is 9.56 Å². The zero-order valence-corrected chi connectivity index (χ0v) is 17.7. The van der Waals surface area contributed by atoms with Crippen molar-refractivity contribution in [3.05, 3.63) is 66.4 Å². The van der Waals surface area contributed by atoms with Crippen LogP contribution in [0.15, 0.2) is 60.2 Å². The van der Waals surface area contributed by atoms with E-state index in [9.17, 15) is 0 Å². The van der Waals surface area contributed by atoms with Crippen LogP contribution in [0.3, 0.4) is 0 Å². The van der Waals surface area contributed by atoms with Crippen LogP contribution in [0.2, 0.25) is 0 Å². The summed E-state index contributed by atoms with van der Waals surface area (Å²) in [4.78, 5) is 12.7. The molecule has 0 atom stereocenters. The van der Waals surface area contributed by atoms with Crippen LogP contribution in [0.1, 0.15) is 11.1 Å². The summed E-state index contributed by atoms with van der Waals surface area (Å²) in [6.07, 6.45) is 7.11. The van der Waals surface area contributed by atoms with Crippen molar-refractivity contribution in [1.82, 2.24) is 25.2 Å². The molecule has 0 saturated heterocycles. The second-order valence-corrected chi connectivity index (χ2v) is 5.96. The Hall–Kier alpha value is -2.82. The number of rotatable bonds is 5. The summed E-state index contributed by atoms with van der Waals surface area (Å²) < 4.78 is 12.6. The van der Waals surface area contributed by atoms with E-state index in [1.165, 1.54) is 0 Å². The number of nitrogens with one attached hydrogen (secondary N) is 2. The van der Waals surface area contributed by atoms with E-state index in [2.05, 4.69) is 25.6 Å². The van der Waals surface area contributed by atoms with Crippen LogP contribution in [0, 0.1) is 0 Å². The summed E-state index contributed by atoms with van der Waals surface area (Å²) in [6, 6.07) is 9.89. The number of halogens is 1. The molecule has 0 aliphatic carbocycles. The van der Waals surface area contributed by atoms with Gasteiger partial charge in [0.25, 0.3) is 0 Å². The van der Waals surface area contributed by atoms with Gasteiger partial charge < -0.3 is 20.1 Å². The van der Waals surface area contributed by atoms with Gasteiger partial charge in [0.15, 0.2) is 17.5 Å². The Morgan fingerprint density at radius 3 is 2.61 bits per heavy atom. The molecule has 1 aromatic carbocycles. The number of pyridine rings is 1. The van der Waals surface area contributed by atoms with Gasteiger partial charge in [-0.15, -0.1) is 24.0 Å². The number of hydrogen-bond acceptors (Lipinski definition) is 5. The van der Waals surface area contributed by atoms with Crippen molar-refractivity contribution in [2.75, 3.05) is 13.8 Å².